The molecule has 0 bridgehead atoms. The van der Waals surface area contributed by atoms with Crippen LogP contribution >= 0.6 is 39.1 Å². The van der Waals surface area contributed by atoms with Crippen molar-refractivity contribution in [2.24, 2.45) is 5.73 Å². The van der Waals surface area contributed by atoms with Gasteiger partial charge in [-0.2, -0.15) is 0 Å². The molecule has 0 fully saturated rings. The molecule has 0 aliphatic rings. The number of hydrogen-bond donors (Lipinski definition) is 1. The number of rotatable bonds is 2. The molecule has 0 aliphatic heterocycles. The van der Waals surface area contributed by atoms with Crippen LogP contribution in [0.15, 0.2) is 40.9 Å². The second-order valence-electron chi connectivity index (χ2n) is 3.82. The minimum Gasteiger partial charge on any atom is -0.320 e. The number of hydrogen-bond acceptors (Lipinski definition) is 1. The maximum atomic E-state index is 13.2. The first-order valence-electron chi connectivity index (χ1n) is 5.14. The van der Waals surface area contributed by atoms with E-state index >= 15 is 0 Å². The van der Waals surface area contributed by atoms with Gasteiger partial charge in [-0.1, -0.05) is 29.3 Å². The van der Waals surface area contributed by atoms with Crippen molar-refractivity contribution in [2.75, 3.05) is 0 Å². The van der Waals surface area contributed by atoms with Crippen LogP contribution in [0.5, 0.6) is 0 Å². The highest BCUT2D eigenvalue weighted by Crippen LogP contribution is 2.30. The average Bonchev–Trinajstić information content (AvgIpc) is 2.35. The quantitative estimate of drug-likeness (QED) is 0.816. The van der Waals surface area contributed by atoms with Crippen molar-refractivity contribution in [1.82, 2.24) is 0 Å². The van der Waals surface area contributed by atoms with E-state index in [9.17, 15) is 4.39 Å². The largest absolute Gasteiger partial charge is 0.320 e. The van der Waals surface area contributed by atoms with E-state index in [1.165, 1.54) is 6.07 Å². The smallest absolute Gasteiger partial charge is 0.137 e. The van der Waals surface area contributed by atoms with Gasteiger partial charge >= 0.3 is 0 Å². The molecule has 2 aromatic rings. The summed E-state index contributed by atoms with van der Waals surface area (Å²) in [6.07, 6.45) is 0. The predicted octanol–water partition coefficient (Wildman–Crippen LogP) is 4.94. The molecular weight excluding hydrogens is 340 g/mol. The topological polar surface area (TPSA) is 26.0 Å². The summed E-state index contributed by atoms with van der Waals surface area (Å²) in [5.41, 5.74) is 7.59. The van der Waals surface area contributed by atoms with Gasteiger partial charge in [0.2, 0.25) is 0 Å². The van der Waals surface area contributed by atoms with Crippen LogP contribution in [0.2, 0.25) is 10.0 Å². The molecule has 18 heavy (non-hydrogen) atoms. The Morgan fingerprint density at radius 2 is 1.83 bits per heavy atom. The maximum Gasteiger partial charge on any atom is 0.137 e. The molecule has 0 amide bonds. The van der Waals surface area contributed by atoms with Crippen LogP contribution < -0.4 is 5.73 Å². The summed E-state index contributed by atoms with van der Waals surface area (Å²) in [4.78, 5) is 0. The molecule has 1 atom stereocenters. The summed E-state index contributed by atoms with van der Waals surface area (Å²) < 4.78 is 13.5. The lowest BCUT2D eigenvalue weighted by Gasteiger charge is -2.15. The van der Waals surface area contributed by atoms with Crippen molar-refractivity contribution >= 4 is 39.1 Å². The van der Waals surface area contributed by atoms with Gasteiger partial charge < -0.3 is 5.73 Å². The van der Waals surface area contributed by atoms with Gasteiger partial charge in [-0.05, 0) is 57.4 Å². The normalized spacial score (nSPS) is 12.5. The summed E-state index contributed by atoms with van der Waals surface area (Å²) in [5.74, 6) is -0.330. The summed E-state index contributed by atoms with van der Waals surface area (Å²) in [7, 11) is 0. The molecule has 1 unspecified atom stereocenters. The lowest BCUT2D eigenvalue weighted by Crippen LogP contribution is -2.12. The van der Waals surface area contributed by atoms with Crippen molar-refractivity contribution in [3.8, 4) is 0 Å². The zero-order chi connectivity index (χ0) is 13.3. The molecule has 0 aromatic heterocycles. The number of nitrogens with two attached hydrogens (primary N) is 1. The molecule has 0 saturated carbocycles. The summed E-state index contributed by atoms with van der Waals surface area (Å²) in [6, 6.07) is 9.27. The fourth-order valence-corrected chi connectivity index (χ4v) is 2.45. The molecule has 0 saturated heterocycles. The van der Waals surface area contributed by atoms with Crippen LogP contribution in [0.4, 0.5) is 4.39 Å². The lowest BCUT2D eigenvalue weighted by molar-refractivity contribution is 0.619. The van der Waals surface area contributed by atoms with Gasteiger partial charge in [0, 0.05) is 10.0 Å². The van der Waals surface area contributed by atoms with E-state index in [-0.39, 0.29) is 5.82 Å². The molecule has 0 radical (unpaired) electrons. The van der Waals surface area contributed by atoms with Gasteiger partial charge in [0.05, 0.1) is 10.5 Å². The molecule has 2 N–H and O–H groups in total. The fraction of sp³-hybridized carbons (Fsp3) is 0.0769. The highest BCUT2D eigenvalue weighted by Gasteiger charge is 2.14. The molecule has 0 spiro atoms. The Bertz CT molecular complexity index is 589. The predicted molar refractivity (Wildman–Crippen MR) is 76.6 cm³/mol. The van der Waals surface area contributed by atoms with E-state index in [2.05, 4.69) is 15.9 Å². The van der Waals surface area contributed by atoms with Crippen LogP contribution in [-0.2, 0) is 0 Å². The van der Waals surface area contributed by atoms with Gasteiger partial charge in [-0.15, -0.1) is 0 Å². The van der Waals surface area contributed by atoms with Crippen molar-refractivity contribution in [3.05, 3.63) is 67.9 Å². The standard InChI is InChI=1S/C13H9BrCl2FN/c14-10-5-7(1-4-12(10)17)13(18)9-6-8(15)2-3-11(9)16/h1-6,13H,18H2. The van der Waals surface area contributed by atoms with Crippen LogP contribution in [0.1, 0.15) is 17.2 Å². The molecule has 1 nitrogen and oxygen atoms in total. The Morgan fingerprint density at radius 3 is 2.50 bits per heavy atom. The van der Waals surface area contributed by atoms with Crippen molar-refractivity contribution in [1.29, 1.82) is 0 Å². The third-order valence-corrected chi connectivity index (χ3v) is 3.78. The Labute approximate surface area is 123 Å². The van der Waals surface area contributed by atoms with E-state index in [0.717, 1.165) is 5.56 Å². The SMILES string of the molecule is NC(c1ccc(F)c(Br)c1)c1cc(Cl)ccc1Cl. The third-order valence-electron chi connectivity index (χ3n) is 2.60. The Balaban J connectivity index is 2.44. The van der Waals surface area contributed by atoms with E-state index in [4.69, 9.17) is 28.9 Å². The zero-order valence-corrected chi connectivity index (χ0v) is 12.2. The Morgan fingerprint density at radius 1 is 1.11 bits per heavy atom. The molecular formula is C13H9BrCl2FN. The van der Waals surface area contributed by atoms with Crippen molar-refractivity contribution in [2.45, 2.75) is 6.04 Å². The summed E-state index contributed by atoms with van der Waals surface area (Å²) >= 11 is 15.1. The molecule has 0 aliphatic carbocycles. The first-order valence-corrected chi connectivity index (χ1v) is 6.69. The molecule has 5 heteroatoms. The second kappa shape index (κ2) is 5.57. The minimum atomic E-state index is -0.451. The van der Waals surface area contributed by atoms with Crippen LogP contribution in [0.3, 0.4) is 0 Å². The van der Waals surface area contributed by atoms with E-state index in [1.54, 1.807) is 30.3 Å². The zero-order valence-electron chi connectivity index (χ0n) is 9.13. The van der Waals surface area contributed by atoms with E-state index in [1.807, 2.05) is 0 Å². The molecule has 94 valence electrons. The highest BCUT2D eigenvalue weighted by atomic mass is 79.9. The summed E-state index contributed by atoms with van der Waals surface area (Å²) in [5, 5.41) is 1.10. The monoisotopic (exact) mass is 347 g/mol. The number of benzene rings is 2. The van der Waals surface area contributed by atoms with Gasteiger partial charge in [0.15, 0.2) is 0 Å². The lowest BCUT2D eigenvalue weighted by atomic mass is 9.99. The van der Waals surface area contributed by atoms with Crippen LogP contribution in [0.25, 0.3) is 0 Å². The van der Waals surface area contributed by atoms with Crippen LogP contribution in [0, 0.1) is 5.82 Å². The first kappa shape index (κ1) is 13.8. The Kier molecular flexibility index (Phi) is 4.28. The first-order chi connectivity index (χ1) is 8.49. The fourth-order valence-electron chi connectivity index (χ4n) is 1.64. The summed E-state index contributed by atoms with van der Waals surface area (Å²) in [6.45, 7) is 0. The second-order valence-corrected chi connectivity index (χ2v) is 5.52. The molecule has 0 heterocycles. The number of halogens is 4. The van der Waals surface area contributed by atoms with Gasteiger partial charge in [-0.25, -0.2) is 4.39 Å². The maximum absolute atomic E-state index is 13.2. The van der Waals surface area contributed by atoms with E-state index in [0.29, 0.717) is 20.1 Å². The highest BCUT2D eigenvalue weighted by molar-refractivity contribution is 9.10. The Hall–Kier alpha value is -0.610. The van der Waals surface area contributed by atoms with Crippen molar-refractivity contribution in [3.63, 3.8) is 0 Å². The van der Waals surface area contributed by atoms with Gasteiger partial charge in [0.25, 0.3) is 0 Å². The van der Waals surface area contributed by atoms with Crippen molar-refractivity contribution < 1.29 is 4.39 Å². The molecule has 2 rings (SSSR count). The average molecular weight is 349 g/mol. The van der Waals surface area contributed by atoms with Gasteiger partial charge in [-0.3, -0.25) is 0 Å². The van der Waals surface area contributed by atoms with E-state index < -0.39 is 6.04 Å². The van der Waals surface area contributed by atoms with Gasteiger partial charge in [0.1, 0.15) is 5.82 Å². The third kappa shape index (κ3) is 2.86. The minimum absolute atomic E-state index is 0.330. The molecule has 2 aromatic carbocycles. The van der Waals surface area contributed by atoms with Crippen LogP contribution in [-0.4, -0.2) is 0 Å².